The molecular formula is C21H30N4O2. The van der Waals surface area contributed by atoms with Gasteiger partial charge in [0, 0.05) is 45.0 Å². The summed E-state index contributed by atoms with van der Waals surface area (Å²) in [4.78, 5) is 21.9. The van der Waals surface area contributed by atoms with Crippen LogP contribution >= 0.6 is 0 Å². The number of hydrogen-bond acceptors (Lipinski definition) is 4. The molecule has 1 aliphatic rings. The van der Waals surface area contributed by atoms with E-state index in [1.165, 1.54) is 5.56 Å². The molecule has 0 bridgehead atoms. The average Bonchev–Trinajstić information content (AvgIpc) is 3.17. The van der Waals surface area contributed by atoms with Gasteiger partial charge in [-0.15, -0.1) is 0 Å². The minimum atomic E-state index is -1.32. The average molecular weight is 370 g/mol. The largest absolute Gasteiger partial charge is 0.379 e. The minimum Gasteiger partial charge on any atom is -0.379 e. The van der Waals surface area contributed by atoms with Crippen LogP contribution in [0.4, 0.5) is 0 Å². The van der Waals surface area contributed by atoms with Crippen molar-refractivity contribution in [2.24, 2.45) is 0 Å². The molecule has 1 saturated heterocycles. The Balaban J connectivity index is 1.53. The third-order valence-corrected chi connectivity index (χ3v) is 5.23. The van der Waals surface area contributed by atoms with Crippen LogP contribution in [0, 0.1) is 0 Å². The summed E-state index contributed by atoms with van der Waals surface area (Å²) in [7, 11) is 0. The molecule has 6 nitrogen and oxygen atoms in total. The topological polar surface area (TPSA) is 81.2 Å². The smallest absolute Gasteiger partial charge is 0.256 e. The standard InChI is InChI=1S/C21H30N4O2/c1-16(2)18-6-4-17(5-7-18)14-25-13-3-9-21(27,20(25)26)15-22-10-8-19-23-11-12-24-19/h4-7,11-12,16,22,27H,3,8-10,13-15H2,1-2H3,(H,23,24). The van der Waals surface area contributed by atoms with E-state index in [1.54, 1.807) is 17.3 Å². The summed E-state index contributed by atoms with van der Waals surface area (Å²) >= 11 is 0. The van der Waals surface area contributed by atoms with Crippen LogP contribution in [0.2, 0.25) is 0 Å². The lowest BCUT2D eigenvalue weighted by Crippen LogP contribution is -2.57. The zero-order valence-electron chi connectivity index (χ0n) is 16.2. The molecule has 1 aliphatic heterocycles. The number of piperidine rings is 1. The number of benzene rings is 1. The van der Waals surface area contributed by atoms with Gasteiger partial charge in [-0.2, -0.15) is 0 Å². The van der Waals surface area contributed by atoms with Gasteiger partial charge in [0.15, 0.2) is 5.60 Å². The van der Waals surface area contributed by atoms with Crippen LogP contribution in [0.1, 0.15) is 49.6 Å². The lowest BCUT2D eigenvalue weighted by Gasteiger charge is -2.38. The van der Waals surface area contributed by atoms with Crippen LogP contribution in [0.15, 0.2) is 36.7 Å². The minimum absolute atomic E-state index is 0.174. The summed E-state index contributed by atoms with van der Waals surface area (Å²) in [5.74, 6) is 1.22. The maximum atomic E-state index is 12.9. The molecule has 1 fully saturated rings. The van der Waals surface area contributed by atoms with Gasteiger partial charge < -0.3 is 20.3 Å². The number of carbonyl (C=O) groups excluding carboxylic acids is 1. The van der Waals surface area contributed by atoms with Gasteiger partial charge in [-0.3, -0.25) is 4.79 Å². The van der Waals surface area contributed by atoms with Crippen LogP contribution in [-0.4, -0.2) is 51.1 Å². The quantitative estimate of drug-likeness (QED) is 0.623. The second-order valence-corrected chi connectivity index (χ2v) is 7.72. The van der Waals surface area contributed by atoms with E-state index in [0.717, 1.165) is 24.2 Å². The summed E-state index contributed by atoms with van der Waals surface area (Å²) in [6.45, 7) is 6.52. The number of nitrogens with zero attached hydrogens (tertiary/aromatic N) is 2. The Labute approximate surface area is 161 Å². The first-order valence-electron chi connectivity index (χ1n) is 9.77. The van der Waals surface area contributed by atoms with Crippen molar-refractivity contribution in [3.63, 3.8) is 0 Å². The molecule has 1 atom stereocenters. The Morgan fingerprint density at radius 2 is 2.11 bits per heavy atom. The molecule has 3 N–H and O–H groups in total. The molecule has 0 aliphatic carbocycles. The van der Waals surface area contributed by atoms with E-state index in [9.17, 15) is 9.90 Å². The van der Waals surface area contributed by atoms with Gasteiger partial charge in [-0.25, -0.2) is 4.98 Å². The van der Waals surface area contributed by atoms with Crippen molar-refractivity contribution in [3.8, 4) is 0 Å². The molecule has 146 valence electrons. The zero-order valence-corrected chi connectivity index (χ0v) is 16.2. The summed E-state index contributed by atoms with van der Waals surface area (Å²) in [6.07, 6.45) is 5.57. The molecule has 1 amide bonds. The highest BCUT2D eigenvalue weighted by Gasteiger charge is 2.41. The van der Waals surface area contributed by atoms with Gasteiger partial charge in [0.1, 0.15) is 5.82 Å². The Kier molecular flexibility index (Phi) is 6.29. The van der Waals surface area contributed by atoms with Crippen LogP contribution in [0.25, 0.3) is 0 Å². The predicted octanol–water partition coefficient (Wildman–Crippen LogP) is 2.22. The van der Waals surface area contributed by atoms with E-state index in [4.69, 9.17) is 0 Å². The third kappa shape index (κ3) is 4.96. The number of aromatic nitrogens is 2. The van der Waals surface area contributed by atoms with Crippen LogP contribution in [0.5, 0.6) is 0 Å². The molecule has 2 aromatic rings. The highest BCUT2D eigenvalue weighted by atomic mass is 16.3. The first-order chi connectivity index (χ1) is 13.0. The normalized spacial score (nSPS) is 20.4. The predicted molar refractivity (Wildman–Crippen MR) is 105 cm³/mol. The lowest BCUT2D eigenvalue weighted by atomic mass is 9.91. The fraction of sp³-hybridized carbons (Fsp3) is 0.524. The zero-order chi connectivity index (χ0) is 19.3. The van der Waals surface area contributed by atoms with E-state index >= 15 is 0 Å². The number of nitrogens with one attached hydrogen (secondary N) is 2. The molecule has 2 heterocycles. The summed E-state index contributed by atoms with van der Waals surface area (Å²) in [5.41, 5.74) is 1.07. The summed E-state index contributed by atoms with van der Waals surface area (Å²) < 4.78 is 0. The Bertz CT molecular complexity index is 727. The van der Waals surface area contributed by atoms with Crippen molar-refractivity contribution in [2.45, 2.75) is 51.2 Å². The number of imidazole rings is 1. The van der Waals surface area contributed by atoms with Crippen LogP contribution in [0.3, 0.4) is 0 Å². The molecule has 6 heteroatoms. The van der Waals surface area contributed by atoms with Crippen molar-refractivity contribution < 1.29 is 9.90 Å². The van der Waals surface area contributed by atoms with E-state index in [-0.39, 0.29) is 12.5 Å². The molecule has 27 heavy (non-hydrogen) atoms. The van der Waals surface area contributed by atoms with Gasteiger partial charge in [0.25, 0.3) is 5.91 Å². The number of hydrogen-bond donors (Lipinski definition) is 3. The Morgan fingerprint density at radius 3 is 2.78 bits per heavy atom. The molecule has 1 aromatic carbocycles. The molecular weight excluding hydrogens is 340 g/mol. The number of amides is 1. The molecule has 1 unspecified atom stereocenters. The van der Waals surface area contributed by atoms with E-state index in [2.05, 4.69) is 53.4 Å². The van der Waals surface area contributed by atoms with Crippen molar-refractivity contribution in [1.29, 1.82) is 0 Å². The first kappa shape index (κ1) is 19.6. The summed E-state index contributed by atoms with van der Waals surface area (Å²) in [6, 6.07) is 8.41. The third-order valence-electron chi connectivity index (χ3n) is 5.23. The SMILES string of the molecule is CC(C)c1ccc(CN2CCCC(O)(CNCCc3ncc[nH]3)C2=O)cc1. The molecule has 3 rings (SSSR count). The molecule has 0 spiro atoms. The van der Waals surface area contributed by atoms with Gasteiger partial charge in [-0.1, -0.05) is 38.1 Å². The van der Waals surface area contributed by atoms with Crippen molar-refractivity contribution in [2.75, 3.05) is 19.6 Å². The number of rotatable bonds is 8. The highest BCUT2D eigenvalue weighted by molar-refractivity contribution is 5.86. The fourth-order valence-electron chi connectivity index (χ4n) is 3.55. The van der Waals surface area contributed by atoms with Gasteiger partial charge in [0.05, 0.1) is 0 Å². The summed E-state index contributed by atoms with van der Waals surface area (Å²) in [5, 5.41) is 14.1. The monoisotopic (exact) mass is 370 g/mol. The molecule has 0 radical (unpaired) electrons. The van der Waals surface area contributed by atoms with Gasteiger partial charge >= 0.3 is 0 Å². The number of aromatic amines is 1. The van der Waals surface area contributed by atoms with Gasteiger partial charge in [-0.05, 0) is 29.9 Å². The van der Waals surface area contributed by atoms with E-state index in [1.807, 2.05) is 0 Å². The number of aliphatic hydroxyl groups is 1. The highest BCUT2D eigenvalue weighted by Crippen LogP contribution is 2.24. The second-order valence-electron chi connectivity index (χ2n) is 7.72. The van der Waals surface area contributed by atoms with Crippen molar-refractivity contribution in [1.82, 2.24) is 20.2 Å². The number of likely N-dealkylation sites (tertiary alicyclic amines) is 1. The van der Waals surface area contributed by atoms with Crippen molar-refractivity contribution in [3.05, 3.63) is 53.6 Å². The maximum absolute atomic E-state index is 12.9. The van der Waals surface area contributed by atoms with Crippen LogP contribution < -0.4 is 5.32 Å². The second kappa shape index (κ2) is 8.67. The Hall–Kier alpha value is -2.18. The van der Waals surface area contributed by atoms with Gasteiger partial charge in [0.2, 0.25) is 0 Å². The number of carbonyl (C=O) groups is 1. The Morgan fingerprint density at radius 1 is 1.33 bits per heavy atom. The first-order valence-corrected chi connectivity index (χ1v) is 9.77. The van der Waals surface area contributed by atoms with Crippen molar-refractivity contribution >= 4 is 5.91 Å². The lowest BCUT2D eigenvalue weighted by molar-refractivity contribution is -0.157. The number of H-pyrrole nitrogens is 1. The van der Waals surface area contributed by atoms with Crippen LogP contribution in [-0.2, 0) is 17.8 Å². The maximum Gasteiger partial charge on any atom is 0.256 e. The van der Waals surface area contributed by atoms with E-state index in [0.29, 0.717) is 32.0 Å². The van der Waals surface area contributed by atoms with E-state index < -0.39 is 5.60 Å². The molecule has 1 aromatic heterocycles. The fourth-order valence-corrected chi connectivity index (χ4v) is 3.55. The molecule has 0 saturated carbocycles.